The number of anilines is 1. The molecular weight excluding hydrogens is 300 g/mol. The van der Waals surface area contributed by atoms with Crippen LogP contribution in [0.15, 0.2) is 17.0 Å². The summed E-state index contributed by atoms with van der Waals surface area (Å²) in [6, 6.07) is 1.71. The van der Waals surface area contributed by atoms with Crippen LogP contribution in [0.5, 0.6) is 0 Å². The minimum Gasteiger partial charge on any atom is -0.399 e. The number of sulfonamides is 1. The van der Waals surface area contributed by atoms with Gasteiger partial charge in [-0.2, -0.15) is 4.31 Å². The van der Waals surface area contributed by atoms with Crippen molar-refractivity contribution in [2.45, 2.75) is 18.2 Å². The molecule has 0 saturated heterocycles. The smallest absolute Gasteiger partial charge is 0.246 e. The summed E-state index contributed by atoms with van der Waals surface area (Å²) in [6.45, 7) is 2.71. The Morgan fingerprint density at radius 1 is 1.14 bits per heavy atom. The Morgan fingerprint density at radius 3 is 2.29 bits per heavy atom. The lowest BCUT2D eigenvalue weighted by atomic mass is 10.3. The fourth-order valence-electron chi connectivity index (χ4n) is 1.82. The summed E-state index contributed by atoms with van der Waals surface area (Å²) in [5.41, 5.74) is 5.30. The summed E-state index contributed by atoms with van der Waals surface area (Å²) in [5, 5.41) is 0. The third-order valence-electron chi connectivity index (χ3n) is 2.90. The summed E-state index contributed by atoms with van der Waals surface area (Å²) < 4.78 is 53.4. The average molecular weight is 321 g/mol. The van der Waals surface area contributed by atoms with Gasteiger partial charge in [-0.25, -0.2) is 17.2 Å². The third kappa shape index (κ3) is 4.36. The van der Waals surface area contributed by atoms with Crippen LogP contribution >= 0.6 is 0 Å². The van der Waals surface area contributed by atoms with Gasteiger partial charge in [-0.3, -0.25) is 0 Å². The summed E-state index contributed by atoms with van der Waals surface area (Å²) >= 11 is 0. The zero-order valence-electron chi connectivity index (χ0n) is 12.4. The van der Waals surface area contributed by atoms with Crippen LogP contribution < -0.4 is 5.73 Å². The van der Waals surface area contributed by atoms with Crippen molar-refractivity contribution < 1.29 is 17.2 Å². The van der Waals surface area contributed by atoms with E-state index < -0.39 is 26.6 Å². The fraction of sp³-hybridized carbons (Fsp3) is 0.538. The van der Waals surface area contributed by atoms with Gasteiger partial charge >= 0.3 is 0 Å². The van der Waals surface area contributed by atoms with E-state index in [0.29, 0.717) is 13.0 Å². The van der Waals surface area contributed by atoms with E-state index in [9.17, 15) is 17.2 Å². The molecule has 0 aliphatic carbocycles. The zero-order chi connectivity index (χ0) is 16.2. The minimum absolute atomic E-state index is 0.128. The third-order valence-corrected chi connectivity index (χ3v) is 4.80. The van der Waals surface area contributed by atoms with Crippen molar-refractivity contribution in [2.24, 2.45) is 0 Å². The standard InChI is InChI=1S/C13H21F2N3O2S/c1-4-5-18(7-6-17(2)3)21(19,20)12-9-10(16)8-11(14)13(12)15/h8-9H,4-7,16H2,1-3H3. The maximum atomic E-state index is 13.8. The normalized spacial score (nSPS) is 12.3. The van der Waals surface area contributed by atoms with Crippen LogP contribution in [0.3, 0.4) is 0 Å². The topological polar surface area (TPSA) is 66.6 Å². The van der Waals surface area contributed by atoms with Crippen molar-refractivity contribution in [3.05, 3.63) is 23.8 Å². The average Bonchev–Trinajstić information content (AvgIpc) is 2.38. The summed E-state index contributed by atoms with van der Waals surface area (Å²) in [4.78, 5) is 1.10. The highest BCUT2D eigenvalue weighted by Crippen LogP contribution is 2.24. The number of halogens is 2. The molecule has 0 aliphatic rings. The molecule has 0 fully saturated rings. The molecule has 1 aromatic rings. The van der Waals surface area contributed by atoms with Crippen LogP contribution in [0.4, 0.5) is 14.5 Å². The lowest BCUT2D eigenvalue weighted by molar-refractivity contribution is 0.331. The second-order valence-corrected chi connectivity index (χ2v) is 6.93. The van der Waals surface area contributed by atoms with E-state index in [-0.39, 0.29) is 18.8 Å². The van der Waals surface area contributed by atoms with E-state index >= 15 is 0 Å². The van der Waals surface area contributed by atoms with Crippen LogP contribution in [0.25, 0.3) is 0 Å². The van der Waals surface area contributed by atoms with Crippen LogP contribution in [0.1, 0.15) is 13.3 Å². The Balaban J connectivity index is 3.22. The monoisotopic (exact) mass is 321 g/mol. The lowest BCUT2D eigenvalue weighted by Gasteiger charge is -2.23. The van der Waals surface area contributed by atoms with Crippen molar-refractivity contribution in [3.8, 4) is 0 Å². The number of nitrogen functional groups attached to an aromatic ring is 1. The molecule has 0 saturated carbocycles. The van der Waals surface area contributed by atoms with E-state index in [4.69, 9.17) is 5.73 Å². The van der Waals surface area contributed by atoms with Gasteiger partial charge in [0.15, 0.2) is 11.6 Å². The van der Waals surface area contributed by atoms with Gasteiger partial charge < -0.3 is 10.6 Å². The quantitative estimate of drug-likeness (QED) is 0.773. The van der Waals surface area contributed by atoms with Crippen molar-refractivity contribution >= 4 is 15.7 Å². The van der Waals surface area contributed by atoms with Crippen molar-refractivity contribution in [2.75, 3.05) is 39.5 Å². The molecule has 21 heavy (non-hydrogen) atoms. The molecule has 0 bridgehead atoms. The van der Waals surface area contributed by atoms with Gasteiger partial charge in [0.25, 0.3) is 0 Å². The Morgan fingerprint density at radius 2 is 1.76 bits per heavy atom. The Kier molecular flexibility index (Phi) is 6.06. The predicted octanol–water partition coefficient (Wildman–Crippen LogP) is 1.51. The number of rotatable bonds is 7. The summed E-state index contributed by atoms with van der Waals surface area (Å²) in [7, 11) is -0.517. The molecule has 0 atom stereocenters. The first-order chi connectivity index (χ1) is 9.70. The van der Waals surface area contributed by atoms with Crippen LogP contribution in [-0.4, -0.2) is 51.4 Å². The van der Waals surface area contributed by atoms with Crippen molar-refractivity contribution in [1.29, 1.82) is 0 Å². The molecule has 0 unspecified atom stereocenters. The molecule has 0 amide bonds. The first-order valence-electron chi connectivity index (χ1n) is 6.59. The van der Waals surface area contributed by atoms with Crippen molar-refractivity contribution in [1.82, 2.24) is 9.21 Å². The molecule has 0 heterocycles. The maximum absolute atomic E-state index is 13.8. The van der Waals surface area contributed by atoms with E-state index in [1.165, 1.54) is 0 Å². The molecule has 2 N–H and O–H groups in total. The van der Waals surface area contributed by atoms with Gasteiger partial charge in [-0.05, 0) is 32.6 Å². The molecule has 1 rings (SSSR count). The van der Waals surface area contributed by atoms with Gasteiger partial charge in [0, 0.05) is 25.3 Å². The van der Waals surface area contributed by atoms with Gasteiger partial charge in [-0.1, -0.05) is 6.92 Å². The zero-order valence-corrected chi connectivity index (χ0v) is 13.3. The second kappa shape index (κ2) is 7.15. The molecule has 1 aromatic carbocycles. The van der Waals surface area contributed by atoms with Gasteiger partial charge in [0.1, 0.15) is 4.90 Å². The van der Waals surface area contributed by atoms with Crippen LogP contribution in [0, 0.1) is 11.6 Å². The molecule has 5 nitrogen and oxygen atoms in total. The molecule has 0 radical (unpaired) electrons. The van der Waals surface area contributed by atoms with E-state index in [2.05, 4.69) is 0 Å². The van der Waals surface area contributed by atoms with Gasteiger partial charge in [0.2, 0.25) is 10.0 Å². The Labute approximate surface area is 124 Å². The van der Waals surface area contributed by atoms with E-state index in [1.807, 2.05) is 11.8 Å². The molecule has 0 aromatic heterocycles. The van der Waals surface area contributed by atoms with Gasteiger partial charge in [0.05, 0.1) is 0 Å². The minimum atomic E-state index is -4.12. The van der Waals surface area contributed by atoms with E-state index in [0.717, 1.165) is 16.4 Å². The number of likely N-dealkylation sites (N-methyl/N-ethyl adjacent to an activating group) is 1. The van der Waals surface area contributed by atoms with Crippen LogP contribution in [-0.2, 0) is 10.0 Å². The molecular formula is C13H21F2N3O2S. The Bertz CT molecular complexity index is 591. The number of nitrogens with two attached hydrogens (primary N) is 1. The predicted molar refractivity (Wildman–Crippen MR) is 78.4 cm³/mol. The molecule has 120 valence electrons. The molecule has 0 aliphatic heterocycles. The first kappa shape index (κ1) is 17.8. The Hall–Kier alpha value is -1.25. The first-order valence-corrected chi connectivity index (χ1v) is 8.03. The highest BCUT2D eigenvalue weighted by molar-refractivity contribution is 7.89. The highest BCUT2D eigenvalue weighted by atomic mass is 32.2. The second-order valence-electron chi connectivity index (χ2n) is 5.02. The largest absolute Gasteiger partial charge is 0.399 e. The summed E-state index contributed by atoms with van der Waals surface area (Å²) in [5.74, 6) is -2.66. The SMILES string of the molecule is CCCN(CCN(C)C)S(=O)(=O)c1cc(N)cc(F)c1F. The number of nitrogens with zero attached hydrogens (tertiary/aromatic N) is 2. The van der Waals surface area contributed by atoms with Crippen LogP contribution in [0.2, 0.25) is 0 Å². The lowest BCUT2D eigenvalue weighted by Crippen LogP contribution is -2.37. The van der Waals surface area contributed by atoms with Crippen molar-refractivity contribution in [3.63, 3.8) is 0 Å². The van der Waals surface area contributed by atoms with Gasteiger partial charge in [-0.15, -0.1) is 0 Å². The maximum Gasteiger partial charge on any atom is 0.246 e. The van der Waals surface area contributed by atoms with E-state index in [1.54, 1.807) is 14.1 Å². The fourth-order valence-corrected chi connectivity index (χ4v) is 3.46. The number of hydrogen-bond donors (Lipinski definition) is 1. The molecule has 8 heteroatoms. The number of hydrogen-bond acceptors (Lipinski definition) is 4. The number of benzene rings is 1. The highest BCUT2D eigenvalue weighted by Gasteiger charge is 2.29. The molecule has 0 spiro atoms. The summed E-state index contributed by atoms with van der Waals surface area (Å²) in [6.07, 6.45) is 0.569.